The second-order valence-electron chi connectivity index (χ2n) is 3.66. The van der Waals surface area contributed by atoms with E-state index in [1.54, 1.807) is 7.11 Å². The molecule has 1 aliphatic rings. The summed E-state index contributed by atoms with van der Waals surface area (Å²) in [7, 11) is 1.60. The summed E-state index contributed by atoms with van der Waals surface area (Å²) in [6.45, 7) is 1.57. The molecule has 4 nitrogen and oxygen atoms in total. The average molecular weight is 214 g/mol. The van der Waals surface area contributed by atoms with Crippen LogP contribution in [0.15, 0.2) is 6.07 Å². The SMILES string of the molecule is COc1cc(CC2(O)CCNC2)sn1. The Morgan fingerprint density at radius 1 is 1.79 bits per heavy atom. The number of hydrogen-bond donors (Lipinski definition) is 2. The van der Waals surface area contributed by atoms with E-state index in [0.717, 1.165) is 17.8 Å². The highest BCUT2D eigenvalue weighted by Gasteiger charge is 2.31. The van der Waals surface area contributed by atoms with Crippen molar-refractivity contribution in [2.24, 2.45) is 0 Å². The van der Waals surface area contributed by atoms with Crippen LogP contribution in [-0.2, 0) is 6.42 Å². The minimum absolute atomic E-state index is 0.586. The summed E-state index contributed by atoms with van der Waals surface area (Å²) in [4.78, 5) is 1.08. The highest BCUT2D eigenvalue weighted by Crippen LogP contribution is 2.25. The second-order valence-corrected chi connectivity index (χ2v) is 4.55. The zero-order valence-electron chi connectivity index (χ0n) is 8.12. The molecular formula is C9H14N2O2S. The third kappa shape index (κ3) is 2.05. The van der Waals surface area contributed by atoms with Crippen LogP contribution in [0, 0.1) is 0 Å². The fraction of sp³-hybridized carbons (Fsp3) is 0.667. The Kier molecular flexibility index (Phi) is 2.71. The molecule has 14 heavy (non-hydrogen) atoms. The standard InChI is InChI=1S/C9H14N2O2S/c1-13-8-4-7(14-11-8)5-9(12)2-3-10-6-9/h4,10,12H,2-3,5-6H2,1H3. The number of hydrogen-bond acceptors (Lipinski definition) is 5. The summed E-state index contributed by atoms with van der Waals surface area (Å²) < 4.78 is 9.09. The monoisotopic (exact) mass is 214 g/mol. The Morgan fingerprint density at radius 3 is 3.21 bits per heavy atom. The average Bonchev–Trinajstić information content (AvgIpc) is 2.75. The highest BCUT2D eigenvalue weighted by molar-refractivity contribution is 7.05. The van der Waals surface area contributed by atoms with Crippen molar-refractivity contribution >= 4 is 11.5 Å². The quantitative estimate of drug-likeness (QED) is 0.765. The van der Waals surface area contributed by atoms with Gasteiger partial charge in [-0.1, -0.05) is 0 Å². The lowest BCUT2D eigenvalue weighted by molar-refractivity contribution is 0.0627. The summed E-state index contributed by atoms with van der Waals surface area (Å²) in [5.41, 5.74) is -0.586. The largest absolute Gasteiger partial charge is 0.480 e. The number of aliphatic hydroxyl groups is 1. The number of nitrogens with zero attached hydrogens (tertiary/aromatic N) is 1. The molecule has 0 bridgehead atoms. The lowest BCUT2D eigenvalue weighted by Crippen LogP contribution is -2.33. The molecule has 1 aromatic rings. The Labute approximate surface area is 87.1 Å². The van der Waals surface area contributed by atoms with E-state index < -0.39 is 5.60 Å². The molecule has 2 heterocycles. The molecule has 2 N–H and O–H groups in total. The second kappa shape index (κ2) is 3.84. The molecule has 1 aromatic heterocycles. The third-order valence-corrected chi connectivity index (χ3v) is 3.24. The molecule has 1 unspecified atom stereocenters. The van der Waals surface area contributed by atoms with Gasteiger partial charge in [-0.05, 0) is 24.5 Å². The van der Waals surface area contributed by atoms with Gasteiger partial charge in [-0.15, -0.1) is 0 Å². The summed E-state index contributed by atoms with van der Waals surface area (Å²) in [6, 6.07) is 1.89. The van der Waals surface area contributed by atoms with Crippen molar-refractivity contribution in [3.8, 4) is 5.88 Å². The molecule has 1 fully saturated rings. The number of ether oxygens (including phenoxy) is 1. The van der Waals surface area contributed by atoms with Crippen molar-refractivity contribution < 1.29 is 9.84 Å². The Hall–Kier alpha value is -0.650. The molecule has 0 aromatic carbocycles. The number of nitrogens with one attached hydrogen (secondary N) is 1. The van der Waals surface area contributed by atoms with Gasteiger partial charge < -0.3 is 15.2 Å². The predicted octanol–water partition coefficient (Wildman–Crippen LogP) is 0.419. The Balaban J connectivity index is 2.02. The van der Waals surface area contributed by atoms with Gasteiger partial charge in [-0.25, -0.2) is 0 Å². The van der Waals surface area contributed by atoms with Crippen LogP contribution < -0.4 is 10.1 Å². The van der Waals surface area contributed by atoms with Crippen molar-refractivity contribution in [2.45, 2.75) is 18.4 Å². The van der Waals surface area contributed by atoms with Gasteiger partial charge in [-0.2, -0.15) is 4.37 Å². The first kappa shape index (κ1) is 9.89. The maximum atomic E-state index is 10.1. The van der Waals surface area contributed by atoms with E-state index in [1.807, 2.05) is 6.07 Å². The molecule has 78 valence electrons. The van der Waals surface area contributed by atoms with Crippen LogP contribution in [0.3, 0.4) is 0 Å². The van der Waals surface area contributed by atoms with Gasteiger partial charge in [0.05, 0.1) is 12.7 Å². The van der Waals surface area contributed by atoms with Crippen LogP contribution in [0.2, 0.25) is 0 Å². The minimum Gasteiger partial charge on any atom is -0.480 e. The van der Waals surface area contributed by atoms with E-state index in [1.165, 1.54) is 11.5 Å². The molecular weight excluding hydrogens is 200 g/mol. The van der Waals surface area contributed by atoms with Crippen LogP contribution in [0.4, 0.5) is 0 Å². The van der Waals surface area contributed by atoms with Crippen molar-refractivity contribution in [1.29, 1.82) is 0 Å². The zero-order valence-corrected chi connectivity index (χ0v) is 8.93. The van der Waals surface area contributed by atoms with Gasteiger partial charge in [0, 0.05) is 23.9 Å². The van der Waals surface area contributed by atoms with Gasteiger partial charge in [0.25, 0.3) is 0 Å². The number of aromatic nitrogens is 1. The first-order chi connectivity index (χ1) is 6.72. The molecule has 0 saturated carbocycles. The molecule has 2 rings (SSSR count). The highest BCUT2D eigenvalue weighted by atomic mass is 32.1. The predicted molar refractivity (Wildman–Crippen MR) is 54.8 cm³/mol. The van der Waals surface area contributed by atoms with E-state index in [9.17, 15) is 5.11 Å². The van der Waals surface area contributed by atoms with Crippen LogP contribution in [-0.4, -0.2) is 35.3 Å². The molecule has 0 amide bonds. The minimum atomic E-state index is -0.586. The van der Waals surface area contributed by atoms with E-state index in [2.05, 4.69) is 9.69 Å². The fourth-order valence-corrected chi connectivity index (χ4v) is 2.50. The maximum absolute atomic E-state index is 10.1. The van der Waals surface area contributed by atoms with Gasteiger partial charge in [-0.3, -0.25) is 0 Å². The number of β-amino-alcohol motifs (C(OH)–C–C–N with tert-alkyl or cyclic N) is 1. The van der Waals surface area contributed by atoms with E-state index in [0.29, 0.717) is 18.8 Å². The maximum Gasteiger partial charge on any atom is 0.225 e. The zero-order chi connectivity index (χ0) is 10.0. The summed E-state index contributed by atoms with van der Waals surface area (Å²) in [6.07, 6.45) is 1.48. The molecule has 5 heteroatoms. The molecule has 1 saturated heterocycles. The summed E-state index contributed by atoms with van der Waals surface area (Å²) in [5.74, 6) is 0.638. The Morgan fingerprint density at radius 2 is 2.64 bits per heavy atom. The molecule has 0 aliphatic carbocycles. The molecule has 0 radical (unpaired) electrons. The normalized spacial score (nSPS) is 26.7. The van der Waals surface area contributed by atoms with Crippen LogP contribution in [0.5, 0.6) is 5.88 Å². The van der Waals surface area contributed by atoms with Crippen LogP contribution >= 0.6 is 11.5 Å². The van der Waals surface area contributed by atoms with Crippen molar-refractivity contribution in [1.82, 2.24) is 9.69 Å². The number of methoxy groups -OCH3 is 1. The fourth-order valence-electron chi connectivity index (χ4n) is 1.68. The lowest BCUT2D eigenvalue weighted by Gasteiger charge is -2.19. The van der Waals surface area contributed by atoms with Gasteiger partial charge in [0.2, 0.25) is 5.88 Å². The van der Waals surface area contributed by atoms with Crippen LogP contribution in [0.1, 0.15) is 11.3 Å². The van der Waals surface area contributed by atoms with E-state index >= 15 is 0 Å². The van der Waals surface area contributed by atoms with Crippen molar-refractivity contribution in [3.05, 3.63) is 10.9 Å². The summed E-state index contributed by atoms with van der Waals surface area (Å²) in [5, 5.41) is 13.3. The van der Waals surface area contributed by atoms with Gasteiger partial charge in [0.1, 0.15) is 0 Å². The van der Waals surface area contributed by atoms with Gasteiger partial charge >= 0.3 is 0 Å². The van der Waals surface area contributed by atoms with Crippen molar-refractivity contribution in [2.75, 3.05) is 20.2 Å². The van der Waals surface area contributed by atoms with Crippen LogP contribution in [0.25, 0.3) is 0 Å². The van der Waals surface area contributed by atoms with Crippen molar-refractivity contribution in [3.63, 3.8) is 0 Å². The first-order valence-corrected chi connectivity index (χ1v) is 5.42. The molecule has 1 aliphatic heterocycles. The molecule has 0 spiro atoms. The Bertz CT molecular complexity index is 308. The smallest absolute Gasteiger partial charge is 0.225 e. The number of rotatable bonds is 3. The van der Waals surface area contributed by atoms with Gasteiger partial charge in [0.15, 0.2) is 0 Å². The lowest BCUT2D eigenvalue weighted by atomic mass is 9.98. The first-order valence-electron chi connectivity index (χ1n) is 4.64. The third-order valence-electron chi connectivity index (χ3n) is 2.47. The topological polar surface area (TPSA) is 54.4 Å². The molecule has 1 atom stereocenters. The van der Waals surface area contributed by atoms with E-state index in [4.69, 9.17) is 4.74 Å². The van der Waals surface area contributed by atoms with E-state index in [-0.39, 0.29) is 0 Å². The summed E-state index contributed by atoms with van der Waals surface area (Å²) >= 11 is 1.40.